The summed E-state index contributed by atoms with van der Waals surface area (Å²) in [7, 11) is 0. The van der Waals surface area contributed by atoms with E-state index in [9.17, 15) is 9.90 Å². The maximum atomic E-state index is 12.3. The Bertz CT molecular complexity index is 1020. The Morgan fingerprint density at radius 3 is 2.72 bits per heavy atom. The van der Waals surface area contributed by atoms with E-state index in [-0.39, 0.29) is 11.8 Å². The van der Waals surface area contributed by atoms with Gasteiger partial charge in [-0.15, -0.1) is 0 Å². The van der Waals surface area contributed by atoms with Crippen molar-refractivity contribution in [2.24, 2.45) is 5.41 Å². The lowest BCUT2D eigenvalue weighted by molar-refractivity contribution is -0.112. The van der Waals surface area contributed by atoms with Gasteiger partial charge in [0.05, 0.1) is 17.9 Å². The summed E-state index contributed by atoms with van der Waals surface area (Å²) in [5.74, 6) is 0.215. The number of nitrogens with zero attached hydrogens (tertiary/aromatic N) is 3. The average molecular weight is 391 g/mol. The molecule has 2 fully saturated rings. The third kappa shape index (κ3) is 3.30. The highest BCUT2D eigenvalue weighted by molar-refractivity contribution is 5.85. The molecule has 1 atom stereocenters. The summed E-state index contributed by atoms with van der Waals surface area (Å²) in [4.78, 5) is 19.3. The van der Waals surface area contributed by atoms with E-state index < -0.39 is 0 Å². The molecule has 4 heterocycles. The maximum Gasteiger partial charge on any atom is 0.156 e. The van der Waals surface area contributed by atoms with Crippen molar-refractivity contribution in [3.8, 4) is 17.0 Å². The molecule has 1 unspecified atom stereocenters. The fourth-order valence-electron chi connectivity index (χ4n) is 4.91. The quantitative estimate of drug-likeness (QED) is 0.592. The highest BCUT2D eigenvalue weighted by Crippen LogP contribution is 2.42. The van der Waals surface area contributed by atoms with Gasteiger partial charge in [-0.25, -0.2) is 4.98 Å². The summed E-state index contributed by atoms with van der Waals surface area (Å²) >= 11 is 0. The molecule has 1 aromatic carbocycles. The summed E-state index contributed by atoms with van der Waals surface area (Å²) in [5, 5.41) is 21.1. The summed E-state index contributed by atoms with van der Waals surface area (Å²) in [6, 6.07) is 8.64. The zero-order valence-electron chi connectivity index (χ0n) is 16.3. The topological polar surface area (TPSA) is 94.1 Å². The van der Waals surface area contributed by atoms with E-state index in [1.54, 1.807) is 18.3 Å². The second-order valence-electron chi connectivity index (χ2n) is 8.33. The predicted molar refractivity (Wildman–Crippen MR) is 111 cm³/mol. The second-order valence-corrected chi connectivity index (χ2v) is 8.33. The van der Waals surface area contributed by atoms with Crippen molar-refractivity contribution >= 4 is 17.3 Å². The molecule has 3 aromatic rings. The Morgan fingerprint density at radius 2 is 1.97 bits per heavy atom. The molecule has 2 saturated heterocycles. The lowest BCUT2D eigenvalue weighted by Gasteiger charge is -2.34. The van der Waals surface area contributed by atoms with Gasteiger partial charge in [0.2, 0.25) is 0 Å². The minimum Gasteiger partial charge on any atom is -0.508 e. The number of aromatic nitrogens is 3. The maximum absolute atomic E-state index is 12.3. The van der Waals surface area contributed by atoms with Gasteiger partial charge in [0.15, 0.2) is 5.65 Å². The van der Waals surface area contributed by atoms with Crippen LogP contribution in [0.2, 0.25) is 0 Å². The third-order valence-corrected chi connectivity index (χ3v) is 6.59. The highest BCUT2D eigenvalue weighted by Gasteiger charge is 2.41. The number of fused-ring (bicyclic) bond motifs is 1. The fraction of sp³-hybridized carbons (Fsp3) is 0.409. The standard InChI is InChI=1S/C22H25N5O2/c28-13-20(27-10-7-22(14-27)5-8-23-9-6-22)17-11-19(15-1-3-16(29)4-2-15)25-21-18(17)12-24-26-21/h1-4,11-13,20,23,29H,5-10,14H2,(H,24,25,26). The van der Waals surface area contributed by atoms with E-state index in [0.29, 0.717) is 11.1 Å². The number of phenolic OH excluding ortho intramolecular Hbond substituents is 1. The zero-order chi connectivity index (χ0) is 19.8. The number of hydrogen-bond acceptors (Lipinski definition) is 6. The van der Waals surface area contributed by atoms with Gasteiger partial charge in [0.25, 0.3) is 0 Å². The Hall–Kier alpha value is -2.77. The Morgan fingerprint density at radius 1 is 1.17 bits per heavy atom. The molecule has 7 nitrogen and oxygen atoms in total. The van der Waals surface area contributed by atoms with Crippen LogP contribution in [0.5, 0.6) is 5.75 Å². The van der Waals surface area contributed by atoms with E-state index in [4.69, 9.17) is 0 Å². The molecule has 0 saturated carbocycles. The predicted octanol–water partition coefficient (Wildman–Crippen LogP) is 2.65. The van der Waals surface area contributed by atoms with Crippen LogP contribution in [0.3, 0.4) is 0 Å². The molecular weight excluding hydrogens is 366 g/mol. The van der Waals surface area contributed by atoms with Crippen LogP contribution in [0.15, 0.2) is 36.5 Å². The van der Waals surface area contributed by atoms with Gasteiger partial charge >= 0.3 is 0 Å². The number of hydrogen-bond donors (Lipinski definition) is 3. The summed E-state index contributed by atoms with van der Waals surface area (Å²) in [5.41, 5.74) is 3.59. The van der Waals surface area contributed by atoms with Crippen LogP contribution in [0.25, 0.3) is 22.3 Å². The number of phenols is 1. The van der Waals surface area contributed by atoms with E-state index in [1.807, 2.05) is 18.2 Å². The molecule has 2 aliphatic heterocycles. The second kappa shape index (κ2) is 7.24. The van der Waals surface area contributed by atoms with Gasteiger partial charge in [-0.3, -0.25) is 10.00 Å². The zero-order valence-corrected chi connectivity index (χ0v) is 16.3. The van der Waals surface area contributed by atoms with Gasteiger partial charge < -0.3 is 15.2 Å². The Balaban J connectivity index is 1.53. The first kappa shape index (κ1) is 18.3. The van der Waals surface area contributed by atoms with Crippen molar-refractivity contribution < 1.29 is 9.90 Å². The number of pyridine rings is 1. The lowest BCUT2D eigenvalue weighted by Crippen LogP contribution is -2.39. The number of aldehydes is 1. The van der Waals surface area contributed by atoms with E-state index in [0.717, 1.165) is 61.1 Å². The summed E-state index contributed by atoms with van der Waals surface area (Å²) in [6.45, 7) is 4.01. The lowest BCUT2D eigenvalue weighted by atomic mass is 9.78. The number of rotatable bonds is 4. The first-order valence-corrected chi connectivity index (χ1v) is 10.2. The van der Waals surface area contributed by atoms with Crippen molar-refractivity contribution in [2.75, 3.05) is 26.2 Å². The molecular formula is C22H25N5O2. The number of nitrogens with one attached hydrogen (secondary N) is 2. The van der Waals surface area contributed by atoms with Crippen LogP contribution in [0.4, 0.5) is 0 Å². The molecule has 2 aliphatic rings. The number of aromatic amines is 1. The van der Waals surface area contributed by atoms with Crippen molar-refractivity contribution in [3.05, 3.63) is 42.1 Å². The van der Waals surface area contributed by atoms with Crippen LogP contribution in [0.1, 0.15) is 30.9 Å². The fourth-order valence-corrected chi connectivity index (χ4v) is 4.91. The SMILES string of the molecule is O=CC(c1cc(-c2ccc(O)cc2)nc2[nH]ncc12)N1CCC2(CCNCC2)C1. The van der Waals surface area contributed by atoms with E-state index in [1.165, 1.54) is 12.8 Å². The number of aromatic hydroxyl groups is 1. The van der Waals surface area contributed by atoms with Gasteiger partial charge in [0, 0.05) is 17.5 Å². The highest BCUT2D eigenvalue weighted by atomic mass is 16.3. The molecule has 0 radical (unpaired) electrons. The Labute approximate surface area is 169 Å². The number of carbonyl (C=O) groups excluding carboxylic acids is 1. The van der Waals surface area contributed by atoms with Crippen molar-refractivity contribution in [3.63, 3.8) is 0 Å². The molecule has 1 spiro atoms. The Kier molecular flexibility index (Phi) is 4.56. The number of carbonyl (C=O) groups is 1. The van der Waals surface area contributed by atoms with Crippen LogP contribution < -0.4 is 5.32 Å². The first-order chi connectivity index (χ1) is 14.2. The van der Waals surface area contributed by atoms with E-state index in [2.05, 4.69) is 25.4 Å². The van der Waals surface area contributed by atoms with Gasteiger partial charge in [-0.1, -0.05) is 0 Å². The molecule has 150 valence electrons. The monoisotopic (exact) mass is 391 g/mol. The molecule has 29 heavy (non-hydrogen) atoms. The van der Waals surface area contributed by atoms with Crippen molar-refractivity contribution in [1.82, 2.24) is 25.4 Å². The number of likely N-dealkylation sites (tertiary alicyclic amines) is 1. The average Bonchev–Trinajstić information content (AvgIpc) is 3.37. The molecule has 0 bridgehead atoms. The minimum absolute atomic E-state index is 0.215. The van der Waals surface area contributed by atoms with E-state index >= 15 is 0 Å². The molecule has 3 N–H and O–H groups in total. The van der Waals surface area contributed by atoms with Crippen LogP contribution in [-0.4, -0.2) is 57.7 Å². The molecule has 0 amide bonds. The van der Waals surface area contributed by atoms with Crippen molar-refractivity contribution in [1.29, 1.82) is 0 Å². The largest absolute Gasteiger partial charge is 0.508 e. The van der Waals surface area contributed by atoms with Gasteiger partial charge in [-0.2, -0.15) is 5.10 Å². The minimum atomic E-state index is -0.316. The smallest absolute Gasteiger partial charge is 0.156 e. The molecule has 5 rings (SSSR count). The first-order valence-electron chi connectivity index (χ1n) is 10.2. The number of benzene rings is 1. The molecule has 7 heteroatoms. The third-order valence-electron chi connectivity index (χ3n) is 6.59. The van der Waals surface area contributed by atoms with Crippen molar-refractivity contribution in [2.45, 2.75) is 25.3 Å². The molecule has 0 aliphatic carbocycles. The number of piperidine rings is 1. The number of H-pyrrole nitrogens is 1. The van der Waals surface area contributed by atoms with Gasteiger partial charge in [0.1, 0.15) is 12.0 Å². The van der Waals surface area contributed by atoms with Crippen LogP contribution in [0, 0.1) is 5.41 Å². The normalized spacial score (nSPS) is 20.3. The van der Waals surface area contributed by atoms with Crippen LogP contribution >= 0.6 is 0 Å². The van der Waals surface area contributed by atoms with Crippen LogP contribution in [-0.2, 0) is 4.79 Å². The summed E-state index contributed by atoms with van der Waals surface area (Å²) in [6.07, 6.45) is 6.30. The summed E-state index contributed by atoms with van der Waals surface area (Å²) < 4.78 is 0. The molecule has 2 aromatic heterocycles. The van der Waals surface area contributed by atoms with Gasteiger partial charge in [-0.05, 0) is 80.2 Å².